The van der Waals surface area contributed by atoms with E-state index < -0.39 is 36.1 Å². The monoisotopic (exact) mass is 331 g/mol. The number of hydrogen-bond donors (Lipinski definition) is 1. The largest absolute Gasteiger partial charge is 0.464 e. The van der Waals surface area contributed by atoms with Crippen molar-refractivity contribution in [2.45, 2.75) is 31.7 Å². The second-order valence-electron chi connectivity index (χ2n) is 5.18. The topological polar surface area (TPSA) is 64.6 Å². The SMILES string of the molecule is CCOC(=O)[C@]1(NC(=O)OCc2ccccc2)C[C@@H]1C(F)(F)F. The molecular weight excluding hydrogens is 315 g/mol. The molecule has 0 aliphatic heterocycles. The smallest absolute Gasteiger partial charge is 0.408 e. The molecule has 0 aromatic heterocycles. The molecule has 0 bridgehead atoms. The van der Waals surface area contributed by atoms with Crippen LogP contribution in [0.5, 0.6) is 0 Å². The molecule has 8 heteroatoms. The zero-order chi connectivity index (χ0) is 17.1. The lowest BCUT2D eigenvalue weighted by Gasteiger charge is -2.18. The summed E-state index contributed by atoms with van der Waals surface area (Å²) in [5.74, 6) is -3.06. The molecule has 0 spiro atoms. The lowest BCUT2D eigenvalue weighted by molar-refractivity contribution is -0.166. The van der Waals surface area contributed by atoms with Crippen LogP contribution in [0.4, 0.5) is 18.0 Å². The molecule has 2 atom stereocenters. The molecule has 1 aromatic carbocycles. The molecule has 23 heavy (non-hydrogen) atoms. The summed E-state index contributed by atoms with van der Waals surface area (Å²) in [5, 5.41) is 2.02. The number of carbonyl (C=O) groups is 2. The summed E-state index contributed by atoms with van der Waals surface area (Å²) in [7, 11) is 0. The molecule has 1 amide bonds. The predicted octanol–water partition coefficient (Wildman–Crippen LogP) is 2.80. The minimum absolute atomic E-state index is 0.0775. The number of benzene rings is 1. The molecule has 1 aromatic rings. The van der Waals surface area contributed by atoms with Crippen LogP contribution in [-0.2, 0) is 20.9 Å². The average Bonchev–Trinajstić information content (AvgIpc) is 3.22. The number of rotatable bonds is 5. The zero-order valence-corrected chi connectivity index (χ0v) is 12.4. The van der Waals surface area contributed by atoms with Gasteiger partial charge >= 0.3 is 18.2 Å². The maximum atomic E-state index is 12.8. The molecule has 1 aliphatic carbocycles. The molecule has 2 rings (SSSR count). The van der Waals surface area contributed by atoms with Crippen LogP contribution < -0.4 is 5.32 Å². The third-order valence-corrected chi connectivity index (χ3v) is 3.53. The van der Waals surface area contributed by atoms with Crippen molar-refractivity contribution in [2.75, 3.05) is 6.61 Å². The summed E-state index contributed by atoms with van der Waals surface area (Å²) in [6, 6.07) is 8.64. The van der Waals surface area contributed by atoms with Gasteiger partial charge < -0.3 is 14.8 Å². The summed E-state index contributed by atoms with van der Waals surface area (Å²) in [5.41, 5.74) is -1.40. The zero-order valence-electron chi connectivity index (χ0n) is 12.4. The summed E-state index contributed by atoms with van der Waals surface area (Å²) >= 11 is 0. The van der Waals surface area contributed by atoms with E-state index in [2.05, 4.69) is 4.74 Å². The van der Waals surface area contributed by atoms with E-state index in [1.807, 2.05) is 5.32 Å². The van der Waals surface area contributed by atoms with Crippen molar-refractivity contribution in [2.24, 2.45) is 5.92 Å². The van der Waals surface area contributed by atoms with Crippen molar-refractivity contribution in [3.05, 3.63) is 35.9 Å². The minimum Gasteiger partial charge on any atom is -0.464 e. The molecule has 126 valence electrons. The van der Waals surface area contributed by atoms with E-state index in [1.165, 1.54) is 6.92 Å². The van der Waals surface area contributed by atoms with Crippen LogP contribution >= 0.6 is 0 Å². The van der Waals surface area contributed by atoms with Crippen molar-refractivity contribution < 1.29 is 32.2 Å². The van der Waals surface area contributed by atoms with Crippen LogP contribution in [0.2, 0.25) is 0 Å². The second kappa shape index (κ2) is 6.47. The highest BCUT2D eigenvalue weighted by atomic mass is 19.4. The number of nitrogens with one attached hydrogen (secondary N) is 1. The van der Waals surface area contributed by atoms with E-state index in [0.29, 0.717) is 5.56 Å². The van der Waals surface area contributed by atoms with Crippen molar-refractivity contribution >= 4 is 12.1 Å². The van der Waals surface area contributed by atoms with Gasteiger partial charge in [-0.2, -0.15) is 13.2 Å². The van der Waals surface area contributed by atoms with Gasteiger partial charge in [-0.15, -0.1) is 0 Å². The minimum atomic E-state index is -4.60. The standard InChI is InChI=1S/C15H16F3NO4/c1-2-22-12(20)14(8-11(14)15(16,17)18)19-13(21)23-9-10-6-4-3-5-7-10/h3-7,11H,2,8-9H2,1H3,(H,19,21)/t11-,14-/m0/s1. The van der Waals surface area contributed by atoms with Gasteiger partial charge in [-0.1, -0.05) is 30.3 Å². The van der Waals surface area contributed by atoms with Crippen LogP contribution in [0, 0.1) is 5.92 Å². The number of halogens is 3. The highest BCUT2D eigenvalue weighted by Crippen LogP contribution is 2.54. The van der Waals surface area contributed by atoms with E-state index in [4.69, 9.17) is 4.74 Å². The number of carbonyl (C=O) groups excluding carboxylic acids is 2. The summed E-state index contributed by atoms with van der Waals surface area (Å²) in [4.78, 5) is 23.5. The maximum absolute atomic E-state index is 12.8. The summed E-state index contributed by atoms with van der Waals surface area (Å²) in [6.07, 6.45) is -6.23. The van der Waals surface area contributed by atoms with E-state index in [0.717, 1.165) is 0 Å². The van der Waals surface area contributed by atoms with Gasteiger partial charge in [-0.25, -0.2) is 9.59 Å². The Hall–Kier alpha value is -2.25. The maximum Gasteiger partial charge on any atom is 0.408 e. The van der Waals surface area contributed by atoms with Gasteiger partial charge in [0.2, 0.25) is 0 Å². The Morgan fingerprint density at radius 2 is 1.91 bits per heavy atom. The predicted molar refractivity (Wildman–Crippen MR) is 73.3 cm³/mol. The highest BCUT2D eigenvalue weighted by molar-refractivity contribution is 5.89. The van der Waals surface area contributed by atoms with Crippen molar-refractivity contribution in [1.82, 2.24) is 5.32 Å². The Morgan fingerprint density at radius 3 is 2.43 bits per heavy atom. The van der Waals surface area contributed by atoms with Crippen LogP contribution in [0.25, 0.3) is 0 Å². The van der Waals surface area contributed by atoms with E-state index >= 15 is 0 Å². The average molecular weight is 331 g/mol. The van der Waals surface area contributed by atoms with E-state index in [9.17, 15) is 22.8 Å². The van der Waals surface area contributed by atoms with Gasteiger partial charge in [-0.05, 0) is 18.9 Å². The Labute approximate surface area is 130 Å². The molecule has 0 saturated heterocycles. The highest BCUT2D eigenvalue weighted by Gasteiger charge is 2.73. The second-order valence-corrected chi connectivity index (χ2v) is 5.18. The molecule has 0 radical (unpaired) electrons. The van der Waals surface area contributed by atoms with Gasteiger partial charge in [0.15, 0.2) is 5.54 Å². The fourth-order valence-corrected chi connectivity index (χ4v) is 2.27. The van der Waals surface area contributed by atoms with Crippen molar-refractivity contribution in [3.8, 4) is 0 Å². The lowest BCUT2D eigenvalue weighted by Crippen LogP contribution is -2.48. The molecule has 5 nitrogen and oxygen atoms in total. The first kappa shape index (κ1) is 17.1. The summed E-state index contributed by atoms with van der Waals surface area (Å²) in [6.45, 7) is 1.29. The molecule has 1 N–H and O–H groups in total. The van der Waals surface area contributed by atoms with Gasteiger partial charge in [0.05, 0.1) is 12.5 Å². The van der Waals surface area contributed by atoms with Crippen LogP contribution in [-0.4, -0.2) is 30.4 Å². The number of ether oxygens (including phenoxy) is 2. The third kappa shape index (κ3) is 3.94. The van der Waals surface area contributed by atoms with Crippen molar-refractivity contribution in [1.29, 1.82) is 0 Å². The number of esters is 1. The number of alkyl halides is 3. The normalized spacial score (nSPS) is 23.0. The first-order chi connectivity index (χ1) is 10.8. The number of amides is 1. The number of hydrogen-bond acceptors (Lipinski definition) is 4. The Bertz CT molecular complexity index is 576. The van der Waals surface area contributed by atoms with Gasteiger partial charge in [0.1, 0.15) is 6.61 Å². The molecule has 1 saturated carbocycles. The first-order valence-corrected chi connectivity index (χ1v) is 7.02. The van der Waals surface area contributed by atoms with E-state index in [-0.39, 0.29) is 13.2 Å². The molecule has 0 unspecified atom stereocenters. The van der Waals surface area contributed by atoms with Crippen molar-refractivity contribution in [3.63, 3.8) is 0 Å². The van der Waals surface area contributed by atoms with Gasteiger partial charge in [-0.3, -0.25) is 0 Å². The Balaban J connectivity index is 1.99. The lowest BCUT2D eigenvalue weighted by atomic mass is 10.2. The fraction of sp³-hybridized carbons (Fsp3) is 0.467. The Kier molecular flexibility index (Phi) is 4.82. The third-order valence-electron chi connectivity index (χ3n) is 3.53. The molecule has 0 heterocycles. The van der Waals surface area contributed by atoms with Crippen LogP contribution in [0.1, 0.15) is 18.9 Å². The fourth-order valence-electron chi connectivity index (χ4n) is 2.27. The van der Waals surface area contributed by atoms with Crippen LogP contribution in [0.3, 0.4) is 0 Å². The molecule has 1 aliphatic rings. The Morgan fingerprint density at radius 1 is 1.26 bits per heavy atom. The van der Waals surface area contributed by atoms with Gasteiger partial charge in [0, 0.05) is 0 Å². The summed E-state index contributed by atoms with van der Waals surface area (Å²) < 4.78 is 48.0. The van der Waals surface area contributed by atoms with E-state index in [1.54, 1.807) is 30.3 Å². The molecular formula is C15H16F3NO4. The first-order valence-electron chi connectivity index (χ1n) is 7.02. The van der Waals surface area contributed by atoms with Gasteiger partial charge in [0.25, 0.3) is 0 Å². The van der Waals surface area contributed by atoms with Crippen LogP contribution in [0.15, 0.2) is 30.3 Å². The number of alkyl carbamates (subject to hydrolysis) is 1. The molecule has 1 fully saturated rings. The quantitative estimate of drug-likeness (QED) is 0.843.